The number of aromatic amines is 1. The first-order chi connectivity index (χ1) is 14.6. The Hall–Kier alpha value is -1.05. The van der Waals surface area contributed by atoms with Crippen LogP contribution in [0.1, 0.15) is 6.23 Å². The molecule has 0 amide bonds. The van der Waals surface area contributed by atoms with E-state index in [4.69, 9.17) is 25.2 Å². The van der Waals surface area contributed by atoms with Crippen LogP contribution in [0, 0.1) is 0 Å². The molecule has 19 nitrogen and oxygen atoms in total. The quantitative estimate of drug-likeness (QED) is 0.151. The van der Waals surface area contributed by atoms with Crippen molar-refractivity contribution in [2.75, 3.05) is 12.3 Å². The average Bonchev–Trinajstić information content (AvgIpc) is 3.12. The van der Waals surface area contributed by atoms with Crippen LogP contribution in [0.4, 0.5) is 5.95 Å². The molecule has 9 N–H and O–H groups in total. The molecule has 1 saturated heterocycles. The van der Waals surface area contributed by atoms with Gasteiger partial charge in [-0.2, -0.15) is 13.6 Å². The molecular formula is C10H16CoN5O14P3. The van der Waals surface area contributed by atoms with Crippen LogP contribution in [0.2, 0.25) is 0 Å². The number of hydrogen-bond donors (Lipinski definition) is 8. The average molecular weight is 582 g/mol. The third-order valence-electron chi connectivity index (χ3n) is 3.88. The van der Waals surface area contributed by atoms with Crippen molar-refractivity contribution in [1.82, 2.24) is 19.5 Å². The van der Waals surface area contributed by atoms with Crippen LogP contribution >= 0.6 is 23.5 Å². The summed E-state index contributed by atoms with van der Waals surface area (Å²) < 4.78 is 51.6. The molecule has 3 rings (SSSR count). The fraction of sp³-hybridized carbons (Fsp3) is 0.500. The molecule has 2 aromatic heterocycles. The smallest absolute Gasteiger partial charge is 0.387 e. The van der Waals surface area contributed by atoms with Gasteiger partial charge in [0.1, 0.15) is 18.3 Å². The van der Waals surface area contributed by atoms with Crippen LogP contribution in [0.3, 0.4) is 0 Å². The number of hydrogen-bond acceptors (Lipinski definition) is 13. The number of nitrogens with one attached hydrogen (secondary N) is 1. The topological polar surface area (TPSA) is 299 Å². The van der Waals surface area contributed by atoms with Gasteiger partial charge in [-0.3, -0.25) is 18.9 Å². The van der Waals surface area contributed by atoms with Gasteiger partial charge in [0.2, 0.25) is 5.95 Å². The van der Waals surface area contributed by atoms with Gasteiger partial charge in [0.15, 0.2) is 17.4 Å². The van der Waals surface area contributed by atoms with E-state index in [0.29, 0.717) is 0 Å². The maximum atomic E-state index is 11.9. The van der Waals surface area contributed by atoms with Crippen molar-refractivity contribution in [3.8, 4) is 0 Å². The normalized spacial score (nSPS) is 27.1. The SMILES string of the molecule is Nc1nc2c(ncn2[C@H]2O[C@@H](COP(=O)(O)OP(=O)(O)OP(=O)(O)O)[C@H](O)[C@@H]2O)c(=O)[nH]1.[Co]. The second-order valence-electron chi connectivity index (χ2n) is 6.21. The summed E-state index contributed by atoms with van der Waals surface area (Å²) in [6, 6.07) is 0. The summed E-state index contributed by atoms with van der Waals surface area (Å²) in [5.74, 6) is -0.276. The van der Waals surface area contributed by atoms with Crippen LogP contribution in [-0.4, -0.2) is 74.2 Å². The zero-order chi connectivity index (χ0) is 24.1. The Bertz CT molecular complexity index is 1210. The van der Waals surface area contributed by atoms with E-state index in [1.165, 1.54) is 0 Å². The number of rotatable bonds is 8. The van der Waals surface area contributed by atoms with Gasteiger partial charge in [-0.05, 0) is 0 Å². The maximum absolute atomic E-state index is 11.9. The number of phosphoric acid groups is 3. The van der Waals surface area contributed by atoms with Crippen molar-refractivity contribution < 1.29 is 78.1 Å². The number of nitrogen functional groups attached to an aromatic ring is 1. The van der Waals surface area contributed by atoms with Crippen molar-refractivity contribution in [3.63, 3.8) is 0 Å². The Labute approximate surface area is 192 Å². The standard InChI is InChI=1S/C10H16N5O14P3.Co/c11-10-13-7-4(8(18)14-10)12-2-15(7)9-6(17)5(16)3(27-9)1-26-31(22,23)29-32(24,25)28-30(19,20)21;/h2-3,5-6,9,16-17H,1H2,(H,22,23)(H,24,25)(H2,19,20,21)(H3,11,13,14,18);/t3-,5-,6-,9-;/m0./s1. The van der Waals surface area contributed by atoms with Gasteiger partial charge in [0, 0.05) is 16.8 Å². The van der Waals surface area contributed by atoms with Gasteiger partial charge in [0.05, 0.1) is 12.9 Å². The summed E-state index contributed by atoms with van der Waals surface area (Å²) in [7, 11) is -16.8. The molecule has 23 heteroatoms. The number of phosphoric ester groups is 1. The minimum Gasteiger partial charge on any atom is -0.387 e. The number of aliphatic hydroxyl groups excluding tert-OH is 2. The van der Waals surface area contributed by atoms with Crippen LogP contribution < -0.4 is 11.3 Å². The Kier molecular flexibility index (Phi) is 8.46. The fourth-order valence-corrected chi connectivity index (χ4v) is 5.73. The number of nitrogens with two attached hydrogens (primary N) is 1. The first kappa shape index (κ1) is 28.2. The van der Waals surface area contributed by atoms with Crippen molar-refractivity contribution in [3.05, 3.63) is 16.7 Å². The van der Waals surface area contributed by atoms with Crippen LogP contribution in [-0.2, 0) is 48.4 Å². The largest absolute Gasteiger partial charge is 0.490 e. The monoisotopic (exact) mass is 582 g/mol. The van der Waals surface area contributed by atoms with Crippen molar-refractivity contribution in [1.29, 1.82) is 0 Å². The molecule has 1 fully saturated rings. The zero-order valence-electron chi connectivity index (χ0n) is 15.6. The third kappa shape index (κ3) is 6.76. The van der Waals surface area contributed by atoms with E-state index in [2.05, 4.69) is 28.1 Å². The van der Waals surface area contributed by atoms with Crippen molar-refractivity contribution in [2.24, 2.45) is 0 Å². The predicted octanol–water partition coefficient (Wildman–Crippen LogP) is -2.34. The van der Waals surface area contributed by atoms with E-state index in [-0.39, 0.29) is 33.9 Å². The number of H-pyrrole nitrogens is 1. The zero-order valence-corrected chi connectivity index (χ0v) is 19.4. The molecule has 1 aliphatic rings. The van der Waals surface area contributed by atoms with Gasteiger partial charge >= 0.3 is 23.5 Å². The van der Waals surface area contributed by atoms with Gasteiger partial charge in [-0.25, -0.2) is 18.7 Å². The van der Waals surface area contributed by atoms with E-state index in [1.807, 2.05) is 0 Å². The minimum atomic E-state index is -5.73. The minimum absolute atomic E-state index is 0. The molecule has 3 heterocycles. The summed E-state index contributed by atoms with van der Waals surface area (Å²) in [4.78, 5) is 57.3. The van der Waals surface area contributed by atoms with Gasteiger partial charge < -0.3 is 40.3 Å². The molecule has 0 bridgehead atoms. The number of aromatic nitrogens is 4. The summed E-state index contributed by atoms with van der Waals surface area (Å²) in [5.41, 5.74) is 4.50. The third-order valence-corrected chi connectivity index (χ3v) is 7.68. The maximum Gasteiger partial charge on any atom is 0.490 e. The molecule has 2 aromatic rings. The Balaban J connectivity index is 0.00000385. The van der Waals surface area contributed by atoms with Crippen LogP contribution in [0.25, 0.3) is 11.2 Å². The molecule has 1 aliphatic heterocycles. The number of anilines is 1. The molecule has 0 aliphatic carbocycles. The van der Waals surface area contributed by atoms with Crippen molar-refractivity contribution >= 4 is 40.6 Å². The van der Waals surface area contributed by atoms with Gasteiger partial charge in [0.25, 0.3) is 5.56 Å². The first-order valence-electron chi connectivity index (χ1n) is 8.11. The number of ether oxygens (including phenoxy) is 1. The second kappa shape index (κ2) is 9.90. The molecular weight excluding hydrogens is 566 g/mol. The van der Waals surface area contributed by atoms with E-state index >= 15 is 0 Å². The molecule has 189 valence electrons. The van der Waals surface area contributed by atoms with E-state index < -0.39 is 60.2 Å². The van der Waals surface area contributed by atoms with Gasteiger partial charge in [-0.1, -0.05) is 0 Å². The Morgan fingerprint density at radius 1 is 1.12 bits per heavy atom. The molecule has 33 heavy (non-hydrogen) atoms. The molecule has 6 atom stereocenters. The summed E-state index contributed by atoms with van der Waals surface area (Å²) in [6.45, 7) is -1.01. The molecule has 1 radical (unpaired) electrons. The van der Waals surface area contributed by atoms with Crippen molar-refractivity contribution in [2.45, 2.75) is 24.5 Å². The molecule has 0 saturated carbocycles. The van der Waals surface area contributed by atoms with E-state index in [0.717, 1.165) is 10.9 Å². The number of imidazole rings is 1. The van der Waals surface area contributed by atoms with Crippen LogP contribution in [0.5, 0.6) is 0 Å². The molecule has 0 aromatic carbocycles. The Morgan fingerprint density at radius 3 is 2.36 bits per heavy atom. The fourth-order valence-electron chi connectivity index (χ4n) is 2.70. The van der Waals surface area contributed by atoms with E-state index in [9.17, 15) is 33.6 Å². The summed E-state index contributed by atoms with van der Waals surface area (Å²) >= 11 is 0. The summed E-state index contributed by atoms with van der Waals surface area (Å²) in [6.07, 6.45) is -5.33. The molecule has 2 unspecified atom stereocenters. The van der Waals surface area contributed by atoms with Crippen LogP contribution in [0.15, 0.2) is 11.1 Å². The summed E-state index contributed by atoms with van der Waals surface area (Å²) in [5, 5.41) is 20.4. The van der Waals surface area contributed by atoms with E-state index in [1.54, 1.807) is 0 Å². The Morgan fingerprint density at radius 2 is 1.76 bits per heavy atom. The number of nitrogens with zero attached hydrogens (tertiary/aromatic N) is 3. The number of fused-ring (bicyclic) bond motifs is 1. The van der Waals surface area contributed by atoms with Gasteiger partial charge in [-0.15, -0.1) is 0 Å². The second-order valence-corrected chi connectivity index (χ2v) is 10.6. The molecule has 0 spiro atoms. The first-order valence-corrected chi connectivity index (χ1v) is 12.6. The predicted molar refractivity (Wildman–Crippen MR) is 98.3 cm³/mol. The number of aliphatic hydroxyl groups is 2.